The summed E-state index contributed by atoms with van der Waals surface area (Å²) in [7, 11) is 1.71. The van der Waals surface area contributed by atoms with Crippen LogP contribution in [0.25, 0.3) is 11.3 Å². The maximum absolute atomic E-state index is 12.6. The third-order valence-corrected chi connectivity index (χ3v) is 6.74. The van der Waals surface area contributed by atoms with E-state index in [4.69, 9.17) is 14.2 Å². The highest BCUT2D eigenvalue weighted by Gasteiger charge is 2.46. The van der Waals surface area contributed by atoms with Gasteiger partial charge in [-0.2, -0.15) is 0 Å². The van der Waals surface area contributed by atoms with Gasteiger partial charge in [0.25, 0.3) is 0 Å². The lowest BCUT2D eigenvalue weighted by atomic mass is 9.89. The second kappa shape index (κ2) is 7.05. The van der Waals surface area contributed by atoms with Crippen molar-refractivity contribution in [1.29, 1.82) is 0 Å². The van der Waals surface area contributed by atoms with Crippen LogP contribution < -0.4 is 19.9 Å². The molecule has 0 radical (unpaired) electrons. The molecule has 1 aromatic heterocycles. The number of methoxy groups -OCH3 is 1. The van der Waals surface area contributed by atoms with Gasteiger partial charge >= 0.3 is 0 Å². The molecule has 1 fully saturated rings. The SMILES string of the molecule is COCCCOc1cc2c(c3c1OCC3)-c1cc(=O)c(C)cn1N1C2CCC1(C)C. The summed E-state index contributed by atoms with van der Waals surface area (Å²) in [6.07, 6.45) is 5.86. The summed E-state index contributed by atoms with van der Waals surface area (Å²) in [6, 6.07) is 4.23. The van der Waals surface area contributed by atoms with Gasteiger partial charge in [-0.1, -0.05) is 0 Å². The van der Waals surface area contributed by atoms with E-state index in [1.54, 1.807) is 13.2 Å². The van der Waals surface area contributed by atoms with Gasteiger partial charge in [-0.25, -0.2) is 0 Å². The fourth-order valence-corrected chi connectivity index (χ4v) is 5.29. The van der Waals surface area contributed by atoms with Gasteiger partial charge in [0.2, 0.25) is 0 Å². The van der Waals surface area contributed by atoms with Crippen molar-refractivity contribution in [2.45, 2.75) is 58.0 Å². The first-order chi connectivity index (χ1) is 14.4. The Balaban J connectivity index is 1.70. The molecule has 1 aromatic carbocycles. The third kappa shape index (κ3) is 2.84. The molecule has 0 saturated carbocycles. The molecule has 0 N–H and O–H groups in total. The molecule has 1 atom stereocenters. The number of hydrogen-bond donors (Lipinski definition) is 0. The lowest BCUT2D eigenvalue weighted by molar-refractivity contribution is 0.170. The summed E-state index contributed by atoms with van der Waals surface area (Å²) in [5.41, 5.74) is 5.44. The Bertz CT molecular complexity index is 1060. The van der Waals surface area contributed by atoms with E-state index in [2.05, 4.69) is 29.6 Å². The quantitative estimate of drug-likeness (QED) is 0.703. The van der Waals surface area contributed by atoms with Crippen LogP contribution in [0.2, 0.25) is 0 Å². The van der Waals surface area contributed by atoms with Crippen molar-refractivity contribution < 1.29 is 14.2 Å². The molecule has 160 valence electrons. The van der Waals surface area contributed by atoms with Gasteiger partial charge in [0.05, 0.1) is 30.5 Å². The maximum Gasteiger partial charge on any atom is 0.185 e. The predicted octanol–water partition coefficient (Wildman–Crippen LogP) is 3.74. The minimum absolute atomic E-state index is 0.00755. The lowest BCUT2D eigenvalue weighted by Crippen LogP contribution is -2.50. The van der Waals surface area contributed by atoms with Crippen molar-refractivity contribution in [2.75, 3.05) is 31.9 Å². The third-order valence-electron chi connectivity index (χ3n) is 6.74. The first kappa shape index (κ1) is 19.5. The molecule has 3 aliphatic heterocycles. The van der Waals surface area contributed by atoms with Crippen molar-refractivity contribution in [1.82, 2.24) is 4.68 Å². The molecule has 4 heterocycles. The summed E-state index contributed by atoms with van der Waals surface area (Å²) >= 11 is 0. The average Bonchev–Trinajstić information content (AvgIpc) is 3.31. The summed E-state index contributed by atoms with van der Waals surface area (Å²) in [4.78, 5) is 12.6. The first-order valence-electron chi connectivity index (χ1n) is 10.9. The molecule has 2 aromatic rings. The lowest BCUT2D eigenvalue weighted by Gasteiger charge is -2.45. The van der Waals surface area contributed by atoms with Crippen LogP contribution in [0.5, 0.6) is 11.5 Å². The number of fused-ring (bicyclic) bond motifs is 8. The highest BCUT2D eigenvalue weighted by molar-refractivity contribution is 5.78. The number of aryl methyl sites for hydroxylation is 1. The smallest absolute Gasteiger partial charge is 0.185 e. The zero-order chi connectivity index (χ0) is 21.0. The second-order valence-corrected chi connectivity index (χ2v) is 9.20. The number of rotatable bonds is 5. The van der Waals surface area contributed by atoms with Crippen molar-refractivity contribution >= 4 is 0 Å². The molecule has 0 bridgehead atoms. The molecule has 0 amide bonds. The molecule has 6 heteroatoms. The molecule has 5 rings (SSSR count). The number of benzene rings is 1. The van der Waals surface area contributed by atoms with Gasteiger partial charge in [-0.3, -0.25) is 14.5 Å². The van der Waals surface area contributed by atoms with E-state index >= 15 is 0 Å². The number of hydrogen-bond acceptors (Lipinski definition) is 5. The molecule has 0 spiro atoms. The Morgan fingerprint density at radius 1 is 1.27 bits per heavy atom. The van der Waals surface area contributed by atoms with Crippen LogP contribution in [0.4, 0.5) is 0 Å². The number of nitrogens with zero attached hydrogens (tertiary/aromatic N) is 2. The maximum atomic E-state index is 12.6. The highest BCUT2D eigenvalue weighted by Crippen LogP contribution is 2.53. The summed E-state index contributed by atoms with van der Waals surface area (Å²) < 4.78 is 19.6. The van der Waals surface area contributed by atoms with E-state index in [1.165, 1.54) is 16.7 Å². The molecule has 1 unspecified atom stereocenters. The van der Waals surface area contributed by atoms with Gasteiger partial charge in [0.1, 0.15) is 0 Å². The van der Waals surface area contributed by atoms with Crippen LogP contribution in [0.1, 0.15) is 55.8 Å². The monoisotopic (exact) mass is 410 g/mol. The van der Waals surface area contributed by atoms with Crippen molar-refractivity contribution in [3.05, 3.63) is 45.2 Å². The summed E-state index contributed by atoms with van der Waals surface area (Å²) in [5.74, 6) is 1.67. The number of aromatic nitrogens is 1. The van der Waals surface area contributed by atoms with Crippen molar-refractivity contribution in [3.63, 3.8) is 0 Å². The summed E-state index contributed by atoms with van der Waals surface area (Å²) in [5, 5.41) is 2.45. The Hall–Kier alpha value is -2.47. The normalized spacial score (nSPS) is 20.3. The fraction of sp³-hybridized carbons (Fsp3) is 0.542. The van der Waals surface area contributed by atoms with Gasteiger partial charge in [-0.15, -0.1) is 0 Å². The molecular formula is C24H30N2O4. The molecule has 3 aliphatic rings. The molecule has 6 nitrogen and oxygen atoms in total. The van der Waals surface area contributed by atoms with E-state index in [9.17, 15) is 4.79 Å². The van der Waals surface area contributed by atoms with E-state index < -0.39 is 0 Å². The Morgan fingerprint density at radius 2 is 2.10 bits per heavy atom. The van der Waals surface area contributed by atoms with Crippen LogP contribution in [-0.4, -0.2) is 37.1 Å². The topological polar surface area (TPSA) is 52.9 Å². The average molecular weight is 411 g/mol. The fourth-order valence-electron chi connectivity index (χ4n) is 5.29. The Kier molecular flexibility index (Phi) is 4.58. The van der Waals surface area contributed by atoms with Crippen LogP contribution in [-0.2, 0) is 11.2 Å². The standard InChI is InChI=1S/C24H30N2O4/c1-15-14-25-19(13-20(15)27)22-16-7-11-30-23(16)21(29-10-5-9-28-4)12-17(22)18-6-8-24(2,3)26(18)25/h12-14,18H,5-11H2,1-4H3. The van der Waals surface area contributed by atoms with Crippen LogP contribution >= 0.6 is 0 Å². The molecule has 1 saturated heterocycles. The largest absolute Gasteiger partial charge is 0.490 e. The van der Waals surface area contributed by atoms with Gasteiger partial charge < -0.3 is 14.2 Å². The zero-order valence-corrected chi connectivity index (χ0v) is 18.3. The van der Waals surface area contributed by atoms with E-state index in [0.29, 0.717) is 19.8 Å². The molecular weight excluding hydrogens is 380 g/mol. The minimum atomic E-state index is 0.00755. The van der Waals surface area contributed by atoms with Crippen LogP contribution in [0.3, 0.4) is 0 Å². The molecule has 0 aliphatic carbocycles. The minimum Gasteiger partial charge on any atom is -0.490 e. The Morgan fingerprint density at radius 3 is 2.90 bits per heavy atom. The van der Waals surface area contributed by atoms with Crippen molar-refractivity contribution in [2.24, 2.45) is 0 Å². The van der Waals surface area contributed by atoms with E-state index in [0.717, 1.165) is 48.4 Å². The van der Waals surface area contributed by atoms with Gasteiger partial charge in [0.15, 0.2) is 16.9 Å². The second-order valence-electron chi connectivity index (χ2n) is 9.20. The Labute approximate surface area is 177 Å². The van der Waals surface area contributed by atoms with E-state index in [1.807, 2.05) is 13.1 Å². The predicted molar refractivity (Wildman–Crippen MR) is 116 cm³/mol. The number of pyridine rings is 1. The van der Waals surface area contributed by atoms with Crippen LogP contribution in [0, 0.1) is 6.92 Å². The highest BCUT2D eigenvalue weighted by atomic mass is 16.5. The first-order valence-corrected chi connectivity index (χ1v) is 10.9. The van der Waals surface area contributed by atoms with Crippen molar-refractivity contribution in [3.8, 4) is 22.8 Å². The zero-order valence-electron chi connectivity index (χ0n) is 18.3. The van der Waals surface area contributed by atoms with Gasteiger partial charge in [-0.05, 0) is 45.2 Å². The molecule has 30 heavy (non-hydrogen) atoms. The van der Waals surface area contributed by atoms with E-state index in [-0.39, 0.29) is 17.0 Å². The van der Waals surface area contributed by atoms with Crippen LogP contribution in [0.15, 0.2) is 23.1 Å². The summed E-state index contributed by atoms with van der Waals surface area (Å²) in [6.45, 7) is 8.39. The number of ether oxygens (including phenoxy) is 3. The van der Waals surface area contributed by atoms with Gasteiger partial charge in [0, 0.05) is 55.5 Å².